The van der Waals surface area contributed by atoms with Crippen LogP contribution in [0.15, 0.2) is 4.52 Å². The molecule has 2 rings (SSSR count). The Hall–Kier alpha value is -1.43. The molecule has 0 aliphatic carbocycles. The summed E-state index contributed by atoms with van der Waals surface area (Å²) in [6.45, 7) is 0.782. The number of carbonyl (C=O) groups is 1. The zero-order valence-electron chi connectivity index (χ0n) is 8.89. The zero-order chi connectivity index (χ0) is 11.4. The molecule has 1 atom stereocenters. The van der Waals surface area contributed by atoms with Crippen LogP contribution in [0, 0.1) is 0 Å². The average molecular weight is 226 g/mol. The molecule has 0 spiro atoms. The lowest BCUT2D eigenvalue weighted by atomic mass is 10.1. The van der Waals surface area contributed by atoms with Crippen molar-refractivity contribution < 1.29 is 19.2 Å². The molecular formula is C10H14N2O4. The number of aliphatic carboxylic acids is 1. The molecule has 16 heavy (non-hydrogen) atoms. The van der Waals surface area contributed by atoms with Crippen molar-refractivity contribution in [3.8, 4) is 0 Å². The molecule has 1 fully saturated rings. The lowest BCUT2D eigenvalue weighted by Gasteiger charge is -2.20. The quantitative estimate of drug-likeness (QED) is 0.817. The van der Waals surface area contributed by atoms with Gasteiger partial charge in [0, 0.05) is 13.0 Å². The van der Waals surface area contributed by atoms with Crippen molar-refractivity contribution in [3.05, 3.63) is 11.7 Å². The Bertz CT molecular complexity index is 357. The molecule has 2 heterocycles. The van der Waals surface area contributed by atoms with E-state index in [4.69, 9.17) is 14.4 Å². The van der Waals surface area contributed by atoms with Crippen LogP contribution in [0.2, 0.25) is 0 Å². The first-order chi connectivity index (χ1) is 7.74. The fraction of sp³-hybridized carbons (Fsp3) is 0.700. The summed E-state index contributed by atoms with van der Waals surface area (Å²) in [5.74, 6) is -0.287. The molecule has 0 aromatic carbocycles. The third-order valence-electron chi connectivity index (χ3n) is 2.50. The fourth-order valence-corrected chi connectivity index (χ4v) is 1.75. The number of aromatic nitrogens is 2. The molecule has 6 heteroatoms. The first-order valence-corrected chi connectivity index (χ1v) is 5.39. The highest BCUT2D eigenvalue weighted by atomic mass is 16.5. The van der Waals surface area contributed by atoms with Crippen molar-refractivity contribution in [2.45, 2.75) is 38.2 Å². The van der Waals surface area contributed by atoms with E-state index in [0.717, 1.165) is 25.9 Å². The summed E-state index contributed by atoms with van der Waals surface area (Å²) in [6.07, 6.45) is 3.78. The number of carboxylic acid groups (broad SMARTS) is 1. The van der Waals surface area contributed by atoms with E-state index in [-0.39, 0.29) is 18.4 Å². The molecule has 88 valence electrons. The highest BCUT2D eigenvalue weighted by molar-refractivity contribution is 5.68. The van der Waals surface area contributed by atoms with Gasteiger partial charge >= 0.3 is 5.97 Å². The monoisotopic (exact) mass is 226 g/mol. The van der Waals surface area contributed by atoms with Gasteiger partial charge in [-0.1, -0.05) is 5.16 Å². The second-order valence-electron chi connectivity index (χ2n) is 3.87. The van der Waals surface area contributed by atoms with Crippen LogP contribution in [0.3, 0.4) is 0 Å². The summed E-state index contributed by atoms with van der Waals surface area (Å²) in [6, 6.07) is 0. The molecule has 1 N–H and O–H groups in total. The minimum atomic E-state index is -0.968. The number of carboxylic acids is 1. The summed E-state index contributed by atoms with van der Waals surface area (Å²) in [4.78, 5) is 14.4. The molecule has 1 aliphatic heterocycles. The van der Waals surface area contributed by atoms with Gasteiger partial charge in [0.15, 0.2) is 5.82 Å². The Morgan fingerprint density at radius 1 is 1.50 bits per heavy atom. The molecule has 1 unspecified atom stereocenters. The zero-order valence-corrected chi connectivity index (χ0v) is 8.89. The fourth-order valence-electron chi connectivity index (χ4n) is 1.75. The summed E-state index contributed by atoms with van der Waals surface area (Å²) in [5.41, 5.74) is 0. The van der Waals surface area contributed by atoms with Gasteiger partial charge in [0.2, 0.25) is 5.89 Å². The van der Waals surface area contributed by atoms with Gasteiger partial charge in [-0.15, -0.1) is 0 Å². The number of ether oxygens (including phenoxy) is 1. The van der Waals surface area contributed by atoms with Gasteiger partial charge in [-0.25, -0.2) is 0 Å². The maximum Gasteiger partial charge on any atom is 0.312 e. The second-order valence-corrected chi connectivity index (χ2v) is 3.87. The van der Waals surface area contributed by atoms with Crippen molar-refractivity contribution in [3.63, 3.8) is 0 Å². The Morgan fingerprint density at radius 2 is 2.38 bits per heavy atom. The number of hydrogen-bond acceptors (Lipinski definition) is 5. The summed E-state index contributed by atoms with van der Waals surface area (Å²) < 4.78 is 10.4. The van der Waals surface area contributed by atoms with E-state index < -0.39 is 5.97 Å². The predicted octanol–water partition coefficient (Wildman–Crippen LogP) is 0.808. The SMILES string of the molecule is O=C(O)Cc1nc(CC2CCCCO2)no1. The van der Waals surface area contributed by atoms with Gasteiger partial charge in [-0.05, 0) is 19.3 Å². The third kappa shape index (κ3) is 3.03. The minimum absolute atomic E-state index is 0.143. The second kappa shape index (κ2) is 5.07. The maximum absolute atomic E-state index is 10.4. The van der Waals surface area contributed by atoms with Gasteiger partial charge in [0.1, 0.15) is 6.42 Å². The molecule has 0 amide bonds. The van der Waals surface area contributed by atoms with Gasteiger partial charge < -0.3 is 14.4 Å². The van der Waals surface area contributed by atoms with Crippen LogP contribution in [-0.4, -0.2) is 33.9 Å². The summed E-state index contributed by atoms with van der Waals surface area (Å²) in [5, 5.41) is 12.3. The van der Waals surface area contributed by atoms with E-state index in [9.17, 15) is 4.79 Å². The molecule has 0 saturated carbocycles. The first-order valence-electron chi connectivity index (χ1n) is 5.39. The van der Waals surface area contributed by atoms with Crippen LogP contribution < -0.4 is 0 Å². The number of hydrogen-bond donors (Lipinski definition) is 1. The Kier molecular flexibility index (Phi) is 3.51. The largest absolute Gasteiger partial charge is 0.481 e. The molecule has 0 bridgehead atoms. The Morgan fingerprint density at radius 3 is 3.06 bits per heavy atom. The standard InChI is InChI=1S/C10H14N2O4/c13-10(14)6-9-11-8(12-16-9)5-7-3-1-2-4-15-7/h7H,1-6H2,(H,13,14). The van der Waals surface area contributed by atoms with Crippen LogP contribution in [0.4, 0.5) is 0 Å². The first kappa shape index (κ1) is 11.1. The average Bonchev–Trinajstić information content (AvgIpc) is 2.66. The van der Waals surface area contributed by atoms with Gasteiger partial charge in [-0.2, -0.15) is 4.98 Å². The molecule has 6 nitrogen and oxygen atoms in total. The van der Waals surface area contributed by atoms with E-state index in [1.807, 2.05) is 0 Å². The highest BCUT2D eigenvalue weighted by Gasteiger charge is 2.18. The van der Waals surface area contributed by atoms with E-state index in [1.165, 1.54) is 0 Å². The van der Waals surface area contributed by atoms with Crippen LogP contribution in [0.5, 0.6) is 0 Å². The topological polar surface area (TPSA) is 85.5 Å². The summed E-state index contributed by atoms with van der Waals surface area (Å²) in [7, 11) is 0. The van der Waals surface area contributed by atoms with Gasteiger partial charge in [-0.3, -0.25) is 4.79 Å². The highest BCUT2D eigenvalue weighted by Crippen LogP contribution is 2.15. The van der Waals surface area contributed by atoms with Gasteiger partial charge in [0.25, 0.3) is 0 Å². The van der Waals surface area contributed by atoms with E-state index in [1.54, 1.807) is 0 Å². The van der Waals surface area contributed by atoms with Crippen molar-refractivity contribution in [2.24, 2.45) is 0 Å². The van der Waals surface area contributed by atoms with Crippen LogP contribution in [0.25, 0.3) is 0 Å². The molecule has 1 aromatic rings. The van der Waals surface area contributed by atoms with Crippen molar-refractivity contribution in [1.29, 1.82) is 0 Å². The predicted molar refractivity (Wildman–Crippen MR) is 52.9 cm³/mol. The van der Waals surface area contributed by atoms with E-state index >= 15 is 0 Å². The lowest BCUT2D eigenvalue weighted by molar-refractivity contribution is -0.136. The van der Waals surface area contributed by atoms with Crippen LogP contribution >= 0.6 is 0 Å². The maximum atomic E-state index is 10.4. The van der Waals surface area contributed by atoms with Crippen molar-refractivity contribution >= 4 is 5.97 Å². The minimum Gasteiger partial charge on any atom is -0.481 e. The molecule has 1 aromatic heterocycles. The van der Waals surface area contributed by atoms with Crippen molar-refractivity contribution in [1.82, 2.24) is 10.1 Å². The number of nitrogens with zero attached hydrogens (tertiary/aromatic N) is 2. The molecule has 0 radical (unpaired) electrons. The molecule has 1 saturated heterocycles. The Labute approximate surface area is 92.6 Å². The number of rotatable bonds is 4. The molecular weight excluding hydrogens is 212 g/mol. The third-order valence-corrected chi connectivity index (χ3v) is 2.50. The van der Waals surface area contributed by atoms with E-state index in [0.29, 0.717) is 12.2 Å². The smallest absolute Gasteiger partial charge is 0.312 e. The van der Waals surface area contributed by atoms with E-state index in [2.05, 4.69) is 10.1 Å². The normalized spacial score (nSPS) is 20.9. The van der Waals surface area contributed by atoms with Crippen LogP contribution in [-0.2, 0) is 22.4 Å². The van der Waals surface area contributed by atoms with Crippen molar-refractivity contribution in [2.75, 3.05) is 6.61 Å². The Balaban J connectivity index is 1.88. The van der Waals surface area contributed by atoms with Crippen LogP contribution in [0.1, 0.15) is 31.0 Å². The summed E-state index contributed by atoms with van der Waals surface area (Å²) >= 11 is 0. The van der Waals surface area contributed by atoms with Gasteiger partial charge in [0.05, 0.1) is 6.10 Å². The molecule has 1 aliphatic rings. The lowest BCUT2D eigenvalue weighted by Crippen LogP contribution is -2.21.